The van der Waals surface area contributed by atoms with Crippen molar-refractivity contribution in [3.05, 3.63) is 50.7 Å². The number of hydrogen-bond acceptors (Lipinski definition) is 5. The maximum absolute atomic E-state index is 12.0. The second kappa shape index (κ2) is 5.49. The van der Waals surface area contributed by atoms with Gasteiger partial charge in [-0.1, -0.05) is 0 Å². The summed E-state index contributed by atoms with van der Waals surface area (Å²) in [6.07, 6.45) is 0. The first-order chi connectivity index (χ1) is 9.11. The summed E-state index contributed by atoms with van der Waals surface area (Å²) in [5.41, 5.74) is 1.32. The van der Waals surface area contributed by atoms with Gasteiger partial charge in [0.1, 0.15) is 5.69 Å². The quantitative estimate of drug-likeness (QED) is 0.664. The third-order valence-corrected chi connectivity index (χ3v) is 3.19. The van der Waals surface area contributed by atoms with Crippen molar-refractivity contribution in [1.82, 2.24) is 0 Å². The molecule has 1 amide bonds. The lowest BCUT2D eigenvalue weighted by molar-refractivity contribution is -0.383. The Bertz CT molecular complexity index is 611. The van der Waals surface area contributed by atoms with Crippen LogP contribution in [0.3, 0.4) is 0 Å². The molecule has 1 aromatic heterocycles. The lowest BCUT2D eigenvalue weighted by Gasteiger charge is -2.06. The van der Waals surface area contributed by atoms with Gasteiger partial charge in [0.25, 0.3) is 11.6 Å². The Morgan fingerprint density at radius 1 is 1.37 bits per heavy atom. The molecule has 0 aliphatic heterocycles. The first-order valence-electron chi connectivity index (χ1n) is 5.41. The van der Waals surface area contributed by atoms with Gasteiger partial charge in [0.2, 0.25) is 0 Å². The highest BCUT2D eigenvalue weighted by Gasteiger charge is 2.15. The number of nitrogens with one attached hydrogen (secondary N) is 2. The molecule has 1 aromatic carbocycles. The lowest BCUT2D eigenvalue weighted by Crippen LogP contribution is -2.12. The van der Waals surface area contributed by atoms with E-state index < -0.39 is 4.92 Å². The minimum Gasteiger partial charge on any atom is -0.383 e. The number of nitro benzene ring substituents is 1. The number of thiophene rings is 1. The highest BCUT2D eigenvalue weighted by atomic mass is 32.1. The van der Waals surface area contributed by atoms with Crippen LogP contribution < -0.4 is 10.6 Å². The molecular formula is C12H11N3O3S. The van der Waals surface area contributed by atoms with E-state index in [9.17, 15) is 14.9 Å². The summed E-state index contributed by atoms with van der Waals surface area (Å²) in [6, 6.07) is 5.99. The zero-order valence-electron chi connectivity index (χ0n) is 10.0. The normalized spacial score (nSPS) is 9.95. The van der Waals surface area contributed by atoms with Crippen molar-refractivity contribution in [1.29, 1.82) is 0 Å². The van der Waals surface area contributed by atoms with Crippen LogP contribution in [0.25, 0.3) is 0 Å². The summed E-state index contributed by atoms with van der Waals surface area (Å²) in [5.74, 6) is -0.301. The first kappa shape index (κ1) is 13.0. The smallest absolute Gasteiger partial charge is 0.292 e. The van der Waals surface area contributed by atoms with Crippen molar-refractivity contribution in [2.45, 2.75) is 0 Å². The maximum atomic E-state index is 12.0. The molecule has 6 nitrogen and oxygen atoms in total. The van der Waals surface area contributed by atoms with E-state index in [-0.39, 0.29) is 11.6 Å². The van der Waals surface area contributed by atoms with Gasteiger partial charge in [0, 0.05) is 24.1 Å². The fraction of sp³-hybridized carbons (Fsp3) is 0.0833. The van der Waals surface area contributed by atoms with Crippen LogP contribution in [0, 0.1) is 10.1 Å². The Hall–Kier alpha value is -2.41. The van der Waals surface area contributed by atoms with E-state index in [1.165, 1.54) is 29.5 Å². The summed E-state index contributed by atoms with van der Waals surface area (Å²) in [6.45, 7) is 0. The highest BCUT2D eigenvalue weighted by Crippen LogP contribution is 2.25. The van der Waals surface area contributed by atoms with Gasteiger partial charge in [-0.2, -0.15) is 11.3 Å². The van der Waals surface area contributed by atoms with Gasteiger partial charge in [-0.3, -0.25) is 14.9 Å². The second-order valence-corrected chi connectivity index (χ2v) is 4.49. The van der Waals surface area contributed by atoms with Crippen LogP contribution in [0.2, 0.25) is 0 Å². The third-order valence-electron chi connectivity index (χ3n) is 2.50. The summed E-state index contributed by atoms with van der Waals surface area (Å²) in [5, 5.41) is 19.9. The topological polar surface area (TPSA) is 84.3 Å². The molecule has 2 rings (SSSR count). The Morgan fingerprint density at radius 3 is 2.74 bits per heavy atom. The molecule has 0 aliphatic carbocycles. The molecule has 0 atom stereocenters. The van der Waals surface area contributed by atoms with Crippen LogP contribution >= 0.6 is 11.3 Å². The molecule has 1 heterocycles. The number of nitrogens with zero attached hydrogens (tertiary/aromatic N) is 1. The third kappa shape index (κ3) is 2.89. The van der Waals surface area contributed by atoms with Crippen molar-refractivity contribution >= 4 is 34.3 Å². The maximum Gasteiger partial charge on any atom is 0.292 e. The van der Waals surface area contributed by atoms with Crippen molar-refractivity contribution in [2.24, 2.45) is 0 Å². The number of anilines is 2. The Kier molecular flexibility index (Phi) is 3.76. The summed E-state index contributed by atoms with van der Waals surface area (Å²) in [4.78, 5) is 22.2. The van der Waals surface area contributed by atoms with E-state index in [1.807, 2.05) is 10.8 Å². The summed E-state index contributed by atoms with van der Waals surface area (Å²) in [7, 11) is 1.57. The minimum atomic E-state index is -0.494. The molecule has 0 saturated heterocycles. The zero-order valence-corrected chi connectivity index (χ0v) is 10.9. The molecular weight excluding hydrogens is 266 g/mol. The molecule has 0 spiro atoms. The molecule has 0 unspecified atom stereocenters. The largest absolute Gasteiger partial charge is 0.383 e. The number of nitro groups is 1. The number of hydrogen-bond donors (Lipinski definition) is 2. The van der Waals surface area contributed by atoms with Gasteiger partial charge in [-0.05, 0) is 23.6 Å². The minimum absolute atomic E-state index is 0.0606. The number of carbonyl (C=O) groups is 1. The number of carbonyl (C=O) groups excluding carboxylic acids is 1. The van der Waals surface area contributed by atoms with Crippen molar-refractivity contribution < 1.29 is 9.72 Å². The Labute approximate surface area is 113 Å². The van der Waals surface area contributed by atoms with E-state index in [0.29, 0.717) is 16.9 Å². The molecule has 2 N–H and O–H groups in total. The van der Waals surface area contributed by atoms with Gasteiger partial charge >= 0.3 is 0 Å². The van der Waals surface area contributed by atoms with E-state index in [4.69, 9.17) is 0 Å². The number of rotatable bonds is 4. The average molecular weight is 277 g/mol. The first-order valence-corrected chi connectivity index (χ1v) is 6.36. The zero-order chi connectivity index (χ0) is 13.8. The van der Waals surface area contributed by atoms with E-state index >= 15 is 0 Å². The second-order valence-electron chi connectivity index (χ2n) is 3.71. The molecule has 7 heteroatoms. The monoisotopic (exact) mass is 277 g/mol. The molecule has 98 valence electrons. The van der Waals surface area contributed by atoms with Crippen molar-refractivity contribution in [2.75, 3.05) is 17.7 Å². The molecule has 0 aliphatic rings. The van der Waals surface area contributed by atoms with Crippen molar-refractivity contribution in [3.8, 4) is 0 Å². The highest BCUT2D eigenvalue weighted by molar-refractivity contribution is 7.08. The van der Waals surface area contributed by atoms with Gasteiger partial charge in [-0.25, -0.2) is 0 Å². The van der Waals surface area contributed by atoms with E-state index in [1.54, 1.807) is 13.1 Å². The Morgan fingerprint density at radius 2 is 2.16 bits per heavy atom. The number of amides is 1. The molecule has 19 heavy (non-hydrogen) atoms. The van der Waals surface area contributed by atoms with Gasteiger partial charge in [0.05, 0.1) is 10.6 Å². The van der Waals surface area contributed by atoms with Crippen LogP contribution in [0.4, 0.5) is 17.1 Å². The average Bonchev–Trinajstić information content (AvgIpc) is 2.90. The predicted octanol–water partition coefficient (Wildman–Crippen LogP) is 2.95. The van der Waals surface area contributed by atoms with Gasteiger partial charge in [0.15, 0.2) is 0 Å². The van der Waals surface area contributed by atoms with E-state index in [0.717, 1.165) is 0 Å². The van der Waals surface area contributed by atoms with Crippen LogP contribution in [0.5, 0.6) is 0 Å². The van der Waals surface area contributed by atoms with Crippen LogP contribution in [0.15, 0.2) is 35.0 Å². The fourth-order valence-electron chi connectivity index (χ4n) is 1.58. The van der Waals surface area contributed by atoms with Crippen LogP contribution in [-0.2, 0) is 0 Å². The molecule has 2 aromatic rings. The van der Waals surface area contributed by atoms with Gasteiger partial charge in [-0.15, -0.1) is 0 Å². The van der Waals surface area contributed by atoms with Crippen LogP contribution in [0.1, 0.15) is 10.4 Å². The number of benzene rings is 1. The standard InChI is InChI=1S/C12H11N3O3S/c1-13-10-6-8(2-3-11(10)15(17)18)12(16)14-9-4-5-19-7-9/h2-7,13H,1H3,(H,14,16). The predicted molar refractivity (Wildman–Crippen MR) is 74.9 cm³/mol. The van der Waals surface area contributed by atoms with Crippen LogP contribution in [-0.4, -0.2) is 17.9 Å². The molecule has 0 saturated carbocycles. The summed E-state index contributed by atoms with van der Waals surface area (Å²) < 4.78 is 0. The lowest BCUT2D eigenvalue weighted by atomic mass is 10.1. The van der Waals surface area contributed by atoms with E-state index in [2.05, 4.69) is 10.6 Å². The fourth-order valence-corrected chi connectivity index (χ4v) is 2.16. The van der Waals surface area contributed by atoms with Gasteiger partial charge < -0.3 is 10.6 Å². The van der Waals surface area contributed by atoms with Crippen molar-refractivity contribution in [3.63, 3.8) is 0 Å². The molecule has 0 bridgehead atoms. The molecule has 0 fully saturated rings. The molecule has 0 radical (unpaired) electrons. The summed E-state index contributed by atoms with van der Waals surface area (Å²) >= 11 is 1.47. The Balaban J connectivity index is 2.25. The SMILES string of the molecule is CNc1cc(C(=O)Nc2ccsc2)ccc1[N+](=O)[O-].